The van der Waals surface area contributed by atoms with Crippen LogP contribution >= 0.6 is 0 Å². The van der Waals surface area contributed by atoms with Gasteiger partial charge in [-0.1, -0.05) is 0 Å². The molecular weight excluding hydrogens is 193 g/mol. The summed E-state index contributed by atoms with van der Waals surface area (Å²) in [6.45, 7) is -0.198. The van der Waals surface area contributed by atoms with Crippen molar-refractivity contribution in [3.8, 4) is 0 Å². The molecule has 0 radical (unpaired) electrons. The molecule has 0 amide bonds. The Morgan fingerprint density at radius 3 is 2.71 bits per heavy atom. The van der Waals surface area contributed by atoms with Gasteiger partial charge in [0.1, 0.15) is 12.6 Å². The van der Waals surface area contributed by atoms with Crippen LogP contribution in [0.4, 0.5) is 4.39 Å². The van der Waals surface area contributed by atoms with Gasteiger partial charge < -0.3 is 15.6 Å². The first-order chi connectivity index (χ1) is 6.57. The number of hydrogen-bond acceptors (Lipinski definition) is 4. The third-order valence-electron chi connectivity index (χ3n) is 1.38. The van der Waals surface area contributed by atoms with Crippen LogP contribution in [0.3, 0.4) is 0 Å². The van der Waals surface area contributed by atoms with Gasteiger partial charge in [-0.05, 0) is 12.5 Å². The first-order valence-corrected chi connectivity index (χ1v) is 3.97. The van der Waals surface area contributed by atoms with Crippen molar-refractivity contribution in [1.82, 2.24) is 0 Å². The van der Waals surface area contributed by atoms with Crippen molar-refractivity contribution in [2.75, 3.05) is 6.61 Å². The lowest BCUT2D eigenvalue weighted by atomic mass is 10.2. The molecule has 0 aliphatic heterocycles. The Morgan fingerprint density at radius 1 is 1.57 bits per heavy atom. The topological polar surface area (TPSA) is 89.6 Å². The largest absolute Gasteiger partial charge is 0.481 e. The van der Waals surface area contributed by atoms with Crippen molar-refractivity contribution in [3.05, 3.63) is 12.4 Å². The number of nitrogens with two attached hydrogens (primary N) is 1. The molecule has 0 aliphatic carbocycles. The third-order valence-corrected chi connectivity index (χ3v) is 1.38. The van der Waals surface area contributed by atoms with Crippen molar-refractivity contribution in [2.24, 2.45) is 5.73 Å². The molecule has 0 aromatic heterocycles. The number of rotatable bonds is 6. The third kappa shape index (κ3) is 6.13. The zero-order valence-corrected chi connectivity index (χ0v) is 7.48. The molecule has 6 heteroatoms. The van der Waals surface area contributed by atoms with Crippen molar-refractivity contribution >= 4 is 11.9 Å². The molecule has 5 nitrogen and oxygen atoms in total. The van der Waals surface area contributed by atoms with Gasteiger partial charge in [0.15, 0.2) is 0 Å². The van der Waals surface area contributed by atoms with Gasteiger partial charge in [0, 0.05) is 6.42 Å². The first kappa shape index (κ1) is 12.6. The summed E-state index contributed by atoms with van der Waals surface area (Å²) in [5, 5.41) is 8.29. The quantitative estimate of drug-likeness (QED) is 0.605. The maximum Gasteiger partial charge on any atom is 0.323 e. The summed E-state index contributed by atoms with van der Waals surface area (Å²) in [4.78, 5) is 21.1. The summed E-state index contributed by atoms with van der Waals surface area (Å²) in [7, 11) is 0. The van der Waals surface area contributed by atoms with Crippen LogP contribution in [0.2, 0.25) is 0 Å². The number of carbonyl (C=O) groups excluding carboxylic acids is 1. The van der Waals surface area contributed by atoms with Gasteiger partial charge in [-0.2, -0.15) is 0 Å². The number of halogens is 1. The molecule has 0 spiro atoms. The van der Waals surface area contributed by atoms with Gasteiger partial charge in [0.2, 0.25) is 0 Å². The number of carboxylic acids is 1. The Kier molecular flexibility index (Phi) is 6.30. The van der Waals surface area contributed by atoms with E-state index < -0.39 is 18.0 Å². The van der Waals surface area contributed by atoms with Crippen LogP contribution in [0, 0.1) is 0 Å². The van der Waals surface area contributed by atoms with E-state index in [0.717, 1.165) is 6.08 Å². The first-order valence-electron chi connectivity index (χ1n) is 3.97. The highest BCUT2D eigenvalue weighted by Gasteiger charge is 2.15. The number of ether oxygens (including phenoxy) is 1. The zero-order chi connectivity index (χ0) is 11.0. The minimum atomic E-state index is -1.03. The lowest BCUT2D eigenvalue weighted by Crippen LogP contribution is -2.32. The van der Waals surface area contributed by atoms with Crippen LogP contribution < -0.4 is 5.73 Å². The van der Waals surface area contributed by atoms with E-state index in [4.69, 9.17) is 10.8 Å². The second-order valence-electron chi connectivity index (χ2n) is 2.53. The van der Waals surface area contributed by atoms with Crippen LogP contribution in [0.5, 0.6) is 0 Å². The van der Waals surface area contributed by atoms with E-state index in [2.05, 4.69) is 4.74 Å². The number of carboxylic acid groups (broad SMARTS) is 1. The average Bonchev–Trinajstić information content (AvgIpc) is 2.14. The minimum Gasteiger partial charge on any atom is -0.481 e. The fraction of sp³-hybridized carbons (Fsp3) is 0.500. The highest BCUT2D eigenvalue weighted by atomic mass is 19.1. The van der Waals surface area contributed by atoms with Gasteiger partial charge in [0.05, 0.1) is 6.33 Å². The Morgan fingerprint density at radius 2 is 2.21 bits per heavy atom. The molecule has 0 saturated heterocycles. The summed E-state index contributed by atoms with van der Waals surface area (Å²) in [5.41, 5.74) is 5.29. The van der Waals surface area contributed by atoms with E-state index >= 15 is 0 Å². The summed E-state index contributed by atoms with van der Waals surface area (Å²) in [5.74, 6) is -1.76. The standard InChI is InChI=1S/C8H12FNO4/c9-4-1-5-14-8(13)6(10)2-3-7(11)12/h1,4,6H,2-3,5,10H2,(H,11,12)/t6-/m0/s1. The molecule has 0 aromatic rings. The number of hydrogen-bond donors (Lipinski definition) is 2. The SMILES string of the molecule is N[C@@H](CCC(=O)O)C(=O)OCC=CF. The molecule has 0 bridgehead atoms. The summed E-state index contributed by atoms with van der Waals surface area (Å²) in [6.07, 6.45) is 1.06. The molecule has 0 aliphatic rings. The van der Waals surface area contributed by atoms with E-state index in [0.29, 0.717) is 0 Å². The molecular formula is C8H12FNO4. The summed E-state index contributed by atoms with van der Waals surface area (Å²) in [6, 6.07) is -0.973. The Hall–Kier alpha value is -1.43. The van der Waals surface area contributed by atoms with Gasteiger partial charge >= 0.3 is 11.9 Å². The Labute approximate surface area is 80.3 Å². The van der Waals surface area contributed by atoms with E-state index in [9.17, 15) is 14.0 Å². The number of carbonyl (C=O) groups is 2. The monoisotopic (exact) mass is 205 g/mol. The Bertz CT molecular complexity index is 229. The van der Waals surface area contributed by atoms with Gasteiger partial charge in [0.25, 0.3) is 0 Å². The molecule has 14 heavy (non-hydrogen) atoms. The molecule has 1 atom stereocenters. The van der Waals surface area contributed by atoms with Crippen molar-refractivity contribution in [1.29, 1.82) is 0 Å². The number of aliphatic carboxylic acids is 1. The molecule has 0 rings (SSSR count). The zero-order valence-electron chi connectivity index (χ0n) is 7.48. The minimum absolute atomic E-state index is 0.00745. The molecule has 0 unspecified atom stereocenters. The maximum absolute atomic E-state index is 11.4. The van der Waals surface area contributed by atoms with Gasteiger partial charge in [-0.25, -0.2) is 4.39 Å². The second kappa shape index (κ2) is 7.02. The van der Waals surface area contributed by atoms with Crippen molar-refractivity contribution < 1.29 is 23.8 Å². The van der Waals surface area contributed by atoms with Crippen LogP contribution in [0.1, 0.15) is 12.8 Å². The molecule has 0 heterocycles. The molecule has 3 N–H and O–H groups in total. The lowest BCUT2D eigenvalue weighted by molar-refractivity contribution is -0.144. The van der Waals surface area contributed by atoms with E-state index in [1.807, 2.05) is 0 Å². The average molecular weight is 205 g/mol. The molecule has 0 saturated carbocycles. The van der Waals surface area contributed by atoms with E-state index in [-0.39, 0.29) is 25.8 Å². The highest BCUT2D eigenvalue weighted by molar-refractivity contribution is 5.76. The normalized spacial score (nSPS) is 12.7. The van der Waals surface area contributed by atoms with E-state index in [1.54, 1.807) is 0 Å². The lowest BCUT2D eigenvalue weighted by Gasteiger charge is -2.08. The second-order valence-corrected chi connectivity index (χ2v) is 2.53. The van der Waals surface area contributed by atoms with Crippen molar-refractivity contribution in [3.63, 3.8) is 0 Å². The fourth-order valence-corrected chi connectivity index (χ4v) is 0.670. The van der Waals surface area contributed by atoms with Crippen LogP contribution in [-0.2, 0) is 14.3 Å². The molecule has 0 fully saturated rings. The summed E-state index contributed by atoms with van der Waals surface area (Å²) >= 11 is 0. The van der Waals surface area contributed by atoms with Crippen LogP contribution in [0.25, 0.3) is 0 Å². The van der Waals surface area contributed by atoms with E-state index in [1.165, 1.54) is 0 Å². The van der Waals surface area contributed by atoms with Gasteiger partial charge in [-0.15, -0.1) is 0 Å². The Balaban J connectivity index is 3.70. The predicted molar refractivity (Wildman–Crippen MR) is 46.1 cm³/mol. The molecule has 80 valence electrons. The maximum atomic E-state index is 11.4. The van der Waals surface area contributed by atoms with Crippen molar-refractivity contribution in [2.45, 2.75) is 18.9 Å². The highest BCUT2D eigenvalue weighted by Crippen LogP contribution is 1.97. The number of esters is 1. The smallest absolute Gasteiger partial charge is 0.323 e. The molecule has 0 aromatic carbocycles. The van der Waals surface area contributed by atoms with Crippen LogP contribution in [-0.4, -0.2) is 29.7 Å². The van der Waals surface area contributed by atoms with Gasteiger partial charge in [-0.3, -0.25) is 9.59 Å². The summed E-state index contributed by atoms with van der Waals surface area (Å²) < 4.78 is 15.9. The fourth-order valence-electron chi connectivity index (χ4n) is 0.670. The predicted octanol–water partition coefficient (Wildman–Crippen LogP) is 0.205. The van der Waals surface area contributed by atoms with Crippen LogP contribution in [0.15, 0.2) is 12.4 Å².